The maximum atomic E-state index is 11.7. The second kappa shape index (κ2) is 4.18. The van der Waals surface area contributed by atoms with Gasteiger partial charge >= 0.3 is 0 Å². The first-order valence-corrected chi connectivity index (χ1v) is 5.87. The van der Waals surface area contributed by atoms with Crippen molar-refractivity contribution in [2.75, 3.05) is 19.8 Å². The van der Waals surface area contributed by atoms with E-state index in [2.05, 4.69) is 4.83 Å². The number of hydrazine groups is 1. The molecule has 0 aliphatic rings. The first-order chi connectivity index (χ1) is 6.83. The van der Waals surface area contributed by atoms with Crippen LogP contribution < -0.4 is 10.6 Å². The van der Waals surface area contributed by atoms with Gasteiger partial charge in [0.15, 0.2) is 0 Å². The minimum atomic E-state index is -3.56. The number of rotatable bonds is 3. The van der Waals surface area contributed by atoms with Gasteiger partial charge in [0.2, 0.25) is 0 Å². The van der Waals surface area contributed by atoms with Gasteiger partial charge in [0, 0.05) is 14.1 Å². The van der Waals surface area contributed by atoms with Gasteiger partial charge in [-0.3, -0.25) is 0 Å². The van der Waals surface area contributed by atoms with Gasteiger partial charge in [-0.1, -0.05) is 6.07 Å². The third-order valence-corrected chi connectivity index (χ3v) is 3.31. The third kappa shape index (κ3) is 2.92. The second-order valence-electron chi connectivity index (χ2n) is 3.53. The summed E-state index contributed by atoms with van der Waals surface area (Å²) in [5.41, 5.74) is 6.83. The molecule has 1 aromatic carbocycles. The molecule has 0 spiro atoms. The van der Waals surface area contributed by atoms with Crippen molar-refractivity contribution >= 4 is 15.7 Å². The second-order valence-corrected chi connectivity index (χ2v) is 5.16. The van der Waals surface area contributed by atoms with Gasteiger partial charge in [0.05, 0.1) is 5.69 Å². The van der Waals surface area contributed by atoms with E-state index in [0.29, 0.717) is 0 Å². The summed E-state index contributed by atoms with van der Waals surface area (Å²) >= 11 is 0. The maximum absolute atomic E-state index is 11.7. The van der Waals surface area contributed by atoms with Crippen LogP contribution in [-0.2, 0) is 10.0 Å². The van der Waals surface area contributed by atoms with Gasteiger partial charge in [-0.25, -0.2) is 13.4 Å². The molecule has 3 N–H and O–H groups in total. The summed E-state index contributed by atoms with van der Waals surface area (Å²) in [6.45, 7) is 1.85. The average molecular weight is 229 g/mol. The lowest BCUT2D eigenvalue weighted by molar-refractivity contribution is 0.364. The minimum Gasteiger partial charge on any atom is -0.398 e. The number of nitrogens with one attached hydrogen (secondary N) is 1. The van der Waals surface area contributed by atoms with Crippen LogP contribution in [0.3, 0.4) is 0 Å². The molecule has 1 rings (SSSR count). The Kier molecular flexibility index (Phi) is 3.33. The van der Waals surface area contributed by atoms with Crippen LogP contribution in [0, 0.1) is 6.92 Å². The van der Waals surface area contributed by atoms with E-state index in [9.17, 15) is 8.42 Å². The van der Waals surface area contributed by atoms with Crippen LogP contribution in [0.5, 0.6) is 0 Å². The molecule has 0 aliphatic heterocycles. The van der Waals surface area contributed by atoms with Crippen molar-refractivity contribution in [3.05, 3.63) is 23.8 Å². The molecule has 0 amide bonds. The molecular formula is C9H15N3O2S. The van der Waals surface area contributed by atoms with Gasteiger partial charge in [-0.15, -0.1) is 4.83 Å². The number of hydrogen-bond acceptors (Lipinski definition) is 4. The van der Waals surface area contributed by atoms with Crippen LogP contribution in [0.2, 0.25) is 0 Å². The van der Waals surface area contributed by atoms with E-state index in [1.54, 1.807) is 26.2 Å². The minimum absolute atomic E-state index is 0.0989. The lowest BCUT2D eigenvalue weighted by Gasteiger charge is -2.14. The van der Waals surface area contributed by atoms with Crippen molar-refractivity contribution in [3.63, 3.8) is 0 Å². The zero-order chi connectivity index (χ0) is 11.6. The zero-order valence-corrected chi connectivity index (χ0v) is 9.80. The molecule has 0 saturated heterocycles. The Bertz CT molecular complexity index is 454. The molecular weight excluding hydrogens is 214 g/mol. The van der Waals surface area contributed by atoms with Crippen LogP contribution in [0.4, 0.5) is 5.69 Å². The number of benzene rings is 1. The summed E-state index contributed by atoms with van der Waals surface area (Å²) in [4.78, 5) is 2.42. The first kappa shape index (κ1) is 12.0. The van der Waals surface area contributed by atoms with Crippen LogP contribution in [0.25, 0.3) is 0 Å². The smallest absolute Gasteiger partial charge is 0.255 e. The predicted molar refractivity (Wildman–Crippen MR) is 59.6 cm³/mol. The molecule has 0 aromatic heterocycles. The molecule has 0 heterocycles. The quantitative estimate of drug-likeness (QED) is 0.578. The van der Waals surface area contributed by atoms with Gasteiger partial charge in [-0.05, 0) is 24.6 Å². The molecule has 15 heavy (non-hydrogen) atoms. The number of nitrogen functional groups attached to an aromatic ring is 1. The van der Waals surface area contributed by atoms with Gasteiger partial charge in [-0.2, -0.15) is 0 Å². The Hall–Kier alpha value is -1.11. The Morgan fingerprint density at radius 1 is 1.33 bits per heavy atom. The van der Waals surface area contributed by atoms with Crippen LogP contribution in [-0.4, -0.2) is 27.5 Å². The summed E-state index contributed by atoms with van der Waals surface area (Å²) in [6, 6.07) is 4.83. The summed E-state index contributed by atoms with van der Waals surface area (Å²) in [5, 5.41) is 1.36. The Balaban J connectivity index is 3.16. The molecule has 84 valence electrons. The molecule has 1 aromatic rings. The van der Waals surface area contributed by atoms with Crippen molar-refractivity contribution in [2.24, 2.45) is 0 Å². The van der Waals surface area contributed by atoms with Crippen molar-refractivity contribution in [1.29, 1.82) is 0 Å². The lowest BCUT2D eigenvalue weighted by Crippen LogP contribution is -2.36. The molecule has 0 radical (unpaired) electrons. The number of nitrogens with zero attached hydrogens (tertiary/aromatic N) is 1. The zero-order valence-electron chi connectivity index (χ0n) is 8.98. The number of aryl methyl sites for hydroxylation is 1. The van der Waals surface area contributed by atoms with E-state index in [1.807, 2.05) is 6.92 Å². The van der Waals surface area contributed by atoms with E-state index in [-0.39, 0.29) is 10.6 Å². The van der Waals surface area contributed by atoms with Crippen molar-refractivity contribution in [1.82, 2.24) is 9.84 Å². The fourth-order valence-electron chi connectivity index (χ4n) is 1.20. The molecule has 0 atom stereocenters. The highest BCUT2D eigenvalue weighted by atomic mass is 32.2. The molecule has 0 unspecified atom stereocenters. The third-order valence-electron chi connectivity index (χ3n) is 1.76. The maximum Gasteiger partial charge on any atom is 0.255 e. The van der Waals surface area contributed by atoms with Crippen LogP contribution in [0.1, 0.15) is 5.56 Å². The summed E-state index contributed by atoms with van der Waals surface area (Å²) in [5.74, 6) is 0. The average Bonchev–Trinajstić information content (AvgIpc) is 1.99. The van der Waals surface area contributed by atoms with E-state index >= 15 is 0 Å². The molecule has 0 aliphatic carbocycles. The number of anilines is 1. The summed E-state index contributed by atoms with van der Waals surface area (Å²) < 4.78 is 23.5. The molecule has 0 fully saturated rings. The van der Waals surface area contributed by atoms with Crippen LogP contribution in [0.15, 0.2) is 23.1 Å². The first-order valence-electron chi connectivity index (χ1n) is 4.39. The number of hydrogen-bond donors (Lipinski definition) is 2. The Labute approximate surface area is 89.9 Å². The summed E-state index contributed by atoms with van der Waals surface area (Å²) in [7, 11) is -0.358. The van der Waals surface area contributed by atoms with Crippen molar-refractivity contribution in [3.8, 4) is 0 Å². The predicted octanol–water partition coefficient (Wildman–Crippen LogP) is 0.332. The van der Waals surface area contributed by atoms with Gasteiger partial charge in [0.1, 0.15) is 4.90 Å². The SMILES string of the molecule is Cc1ccc(S(=O)(=O)NN(C)C)c(N)c1. The lowest BCUT2D eigenvalue weighted by atomic mass is 10.2. The van der Waals surface area contributed by atoms with Gasteiger partial charge < -0.3 is 5.73 Å². The highest BCUT2D eigenvalue weighted by Crippen LogP contribution is 2.18. The summed E-state index contributed by atoms with van der Waals surface area (Å²) in [6.07, 6.45) is 0. The molecule has 0 bridgehead atoms. The highest BCUT2D eigenvalue weighted by molar-refractivity contribution is 7.89. The van der Waals surface area contributed by atoms with E-state index in [1.165, 1.54) is 11.1 Å². The van der Waals surface area contributed by atoms with Crippen molar-refractivity contribution in [2.45, 2.75) is 11.8 Å². The standard InChI is InChI=1S/C9H15N3O2S/c1-7-4-5-9(8(10)6-7)15(13,14)11-12(2)3/h4-6,11H,10H2,1-3H3. The molecule has 5 nitrogen and oxygen atoms in total. The van der Waals surface area contributed by atoms with E-state index < -0.39 is 10.0 Å². The Morgan fingerprint density at radius 2 is 1.93 bits per heavy atom. The van der Waals surface area contributed by atoms with Crippen molar-refractivity contribution < 1.29 is 8.42 Å². The van der Waals surface area contributed by atoms with Gasteiger partial charge in [0.25, 0.3) is 10.0 Å². The normalized spacial score (nSPS) is 12.0. The monoisotopic (exact) mass is 229 g/mol. The molecule has 0 saturated carbocycles. The highest BCUT2D eigenvalue weighted by Gasteiger charge is 2.17. The molecule has 6 heteroatoms. The van der Waals surface area contributed by atoms with E-state index in [0.717, 1.165) is 5.56 Å². The fourth-order valence-corrected chi connectivity index (χ4v) is 2.40. The topological polar surface area (TPSA) is 75.4 Å². The Morgan fingerprint density at radius 3 is 2.40 bits per heavy atom. The largest absolute Gasteiger partial charge is 0.398 e. The number of nitrogens with two attached hydrogens (primary N) is 1. The number of sulfonamides is 1. The fraction of sp³-hybridized carbons (Fsp3) is 0.333. The van der Waals surface area contributed by atoms with Crippen LogP contribution >= 0.6 is 0 Å². The van der Waals surface area contributed by atoms with E-state index in [4.69, 9.17) is 5.73 Å².